The van der Waals surface area contributed by atoms with Gasteiger partial charge in [-0.2, -0.15) is 5.10 Å². The van der Waals surface area contributed by atoms with E-state index in [9.17, 15) is 9.59 Å². The number of esters is 2. The summed E-state index contributed by atoms with van der Waals surface area (Å²) < 4.78 is 21.2. The second kappa shape index (κ2) is 7.45. The monoisotopic (exact) mass is 346 g/mol. The van der Waals surface area contributed by atoms with E-state index < -0.39 is 24.1 Å². The molecule has 0 spiro atoms. The van der Waals surface area contributed by atoms with Gasteiger partial charge in [-0.3, -0.25) is 5.43 Å². The molecule has 0 aliphatic carbocycles. The highest BCUT2D eigenvalue weighted by Crippen LogP contribution is 2.31. The van der Waals surface area contributed by atoms with Gasteiger partial charge in [0, 0.05) is 5.56 Å². The molecule has 0 saturated carbocycles. The normalized spacial score (nSPS) is 22.9. The van der Waals surface area contributed by atoms with Crippen LogP contribution in [0, 0.1) is 5.92 Å². The van der Waals surface area contributed by atoms with Crippen molar-refractivity contribution in [3.63, 3.8) is 0 Å². The Balaban J connectivity index is 1.93. The molecular formula is C17H18N2O6. The van der Waals surface area contributed by atoms with E-state index in [4.69, 9.17) is 18.9 Å². The summed E-state index contributed by atoms with van der Waals surface area (Å²) in [6, 6.07) is 9.40. The summed E-state index contributed by atoms with van der Waals surface area (Å²) in [7, 11) is 2.54. The molecular weight excluding hydrogens is 328 g/mol. The molecule has 0 radical (unpaired) electrons. The molecule has 1 fully saturated rings. The van der Waals surface area contributed by atoms with Gasteiger partial charge in [-0.25, -0.2) is 9.59 Å². The Hall–Kier alpha value is -2.71. The molecule has 1 N–H and O–H groups in total. The average molecular weight is 346 g/mol. The zero-order valence-electron chi connectivity index (χ0n) is 13.9. The van der Waals surface area contributed by atoms with Crippen molar-refractivity contribution in [3.8, 4) is 0 Å². The lowest BCUT2D eigenvalue weighted by Gasteiger charge is -2.24. The fourth-order valence-corrected chi connectivity index (χ4v) is 2.73. The van der Waals surface area contributed by atoms with Gasteiger partial charge in [-0.1, -0.05) is 30.3 Å². The SMILES string of the molecule is COC(=O)C1=NNC(C(=O)OC)=C2CO[C@H](c3ccccc3)OC[C@H]12. The van der Waals surface area contributed by atoms with Gasteiger partial charge in [0.15, 0.2) is 12.0 Å². The number of methoxy groups -OCH3 is 2. The van der Waals surface area contributed by atoms with Crippen LogP contribution >= 0.6 is 0 Å². The zero-order valence-corrected chi connectivity index (χ0v) is 13.9. The van der Waals surface area contributed by atoms with E-state index in [1.165, 1.54) is 14.2 Å². The third-order valence-electron chi connectivity index (χ3n) is 4.02. The molecule has 8 heteroatoms. The second-order valence-corrected chi connectivity index (χ2v) is 5.43. The summed E-state index contributed by atoms with van der Waals surface area (Å²) in [4.78, 5) is 24.0. The lowest BCUT2D eigenvalue weighted by Crippen LogP contribution is -2.39. The Morgan fingerprint density at radius 3 is 2.52 bits per heavy atom. The van der Waals surface area contributed by atoms with Gasteiger partial charge in [-0.15, -0.1) is 0 Å². The lowest BCUT2D eigenvalue weighted by molar-refractivity contribution is -0.137. The molecule has 25 heavy (non-hydrogen) atoms. The predicted octanol–water partition coefficient (Wildman–Crippen LogP) is 0.907. The highest BCUT2D eigenvalue weighted by atomic mass is 16.7. The summed E-state index contributed by atoms with van der Waals surface area (Å²) in [6.07, 6.45) is -0.614. The van der Waals surface area contributed by atoms with Gasteiger partial charge < -0.3 is 18.9 Å². The first-order valence-corrected chi connectivity index (χ1v) is 7.67. The van der Waals surface area contributed by atoms with Crippen LogP contribution in [0.3, 0.4) is 0 Å². The van der Waals surface area contributed by atoms with Crippen LogP contribution in [0.2, 0.25) is 0 Å². The van der Waals surface area contributed by atoms with E-state index in [1.807, 2.05) is 30.3 Å². The highest BCUT2D eigenvalue weighted by Gasteiger charge is 2.38. The molecule has 1 aromatic rings. The highest BCUT2D eigenvalue weighted by molar-refractivity contribution is 6.38. The maximum atomic E-state index is 12.0. The number of nitrogens with one attached hydrogen (secondary N) is 1. The van der Waals surface area contributed by atoms with Crippen molar-refractivity contribution in [2.24, 2.45) is 11.0 Å². The van der Waals surface area contributed by atoms with Crippen molar-refractivity contribution in [1.82, 2.24) is 5.43 Å². The van der Waals surface area contributed by atoms with Crippen molar-refractivity contribution >= 4 is 17.7 Å². The van der Waals surface area contributed by atoms with Crippen molar-refractivity contribution in [1.29, 1.82) is 0 Å². The molecule has 8 nitrogen and oxygen atoms in total. The number of hydrogen-bond acceptors (Lipinski definition) is 8. The van der Waals surface area contributed by atoms with Gasteiger partial charge in [0.05, 0.1) is 33.4 Å². The topological polar surface area (TPSA) is 95.5 Å². The van der Waals surface area contributed by atoms with E-state index in [0.717, 1.165) is 5.56 Å². The van der Waals surface area contributed by atoms with E-state index in [-0.39, 0.29) is 24.6 Å². The lowest BCUT2D eigenvalue weighted by atomic mass is 9.92. The van der Waals surface area contributed by atoms with Crippen LogP contribution in [0.4, 0.5) is 0 Å². The van der Waals surface area contributed by atoms with E-state index in [0.29, 0.717) is 5.57 Å². The van der Waals surface area contributed by atoms with E-state index >= 15 is 0 Å². The first-order valence-electron chi connectivity index (χ1n) is 7.67. The fraction of sp³-hybridized carbons (Fsp3) is 0.353. The van der Waals surface area contributed by atoms with Crippen LogP contribution in [0.1, 0.15) is 11.9 Å². The van der Waals surface area contributed by atoms with Crippen molar-refractivity contribution in [3.05, 3.63) is 47.2 Å². The van der Waals surface area contributed by atoms with Gasteiger partial charge in [0.2, 0.25) is 0 Å². The van der Waals surface area contributed by atoms with E-state index in [2.05, 4.69) is 10.5 Å². The van der Waals surface area contributed by atoms with Crippen molar-refractivity contribution in [2.45, 2.75) is 6.29 Å². The Kier molecular flexibility index (Phi) is 5.11. The molecule has 0 unspecified atom stereocenters. The number of benzene rings is 1. The number of hydrogen-bond donors (Lipinski definition) is 1. The van der Waals surface area contributed by atoms with Gasteiger partial charge in [0.25, 0.3) is 0 Å². The molecule has 0 aromatic heterocycles. The zero-order chi connectivity index (χ0) is 17.8. The summed E-state index contributed by atoms with van der Waals surface area (Å²) in [5.74, 6) is -1.74. The van der Waals surface area contributed by atoms with Crippen LogP contribution in [0.25, 0.3) is 0 Å². The fourth-order valence-electron chi connectivity index (χ4n) is 2.73. The second-order valence-electron chi connectivity index (χ2n) is 5.43. The first-order chi connectivity index (χ1) is 12.2. The molecule has 2 heterocycles. The third kappa shape index (κ3) is 3.40. The Morgan fingerprint density at radius 2 is 1.84 bits per heavy atom. The maximum Gasteiger partial charge on any atom is 0.356 e. The number of hydrazone groups is 1. The summed E-state index contributed by atoms with van der Waals surface area (Å²) in [5.41, 5.74) is 4.23. The first kappa shape index (κ1) is 17.1. The van der Waals surface area contributed by atoms with Crippen LogP contribution in [-0.4, -0.2) is 45.1 Å². The smallest absolute Gasteiger partial charge is 0.356 e. The van der Waals surface area contributed by atoms with Crippen LogP contribution in [0.5, 0.6) is 0 Å². The molecule has 0 bridgehead atoms. The maximum absolute atomic E-state index is 12.0. The summed E-state index contributed by atoms with van der Waals surface area (Å²) >= 11 is 0. The number of carbonyl (C=O) groups is 2. The molecule has 2 aliphatic rings. The third-order valence-corrected chi connectivity index (χ3v) is 4.02. The molecule has 0 amide bonds. The summed E-state index contributed by atoms with van der Waals surface area (Å²) in [5, 5.41) is 3.97. The number of carbonyl (C=O) groups excluding carboxylic acids is 2. The van der Waals surface area contributed by atoms with Crippen molar-refractivity contribution < 1.29 is 28.5 Å². The molecule has 3 rings (SSSR count). The average Bonchev–Trinajstić information content (AvgIpc) is 2.90. The number of ether oxygens (including phenoxy) is 4. The minimum Gasteiger partial charge on any atom is -0.464 e. The van der Waals surface area contributed by atoms with Crippen LogP contribution < -0.4 is 5.43 Å². The minimum atomic E-state index is -0.614. The Morgan fingerprint density at radius 1 is 1.12 bits per heavy atom. The predicted molar refractivity (Wildman–Crippen MR) is 86.2 cm³/mol. The molecule has 2 atom stereocenters. The Bertz CT molecular complexity index is 728. The number of rotatable bonds is 3. The Labute approximate surface area is 144 Å². The van der Waals surface area contributed by atoms with Crippen LogP contribution in [0.15, 0.2) is 46.7 Å². The molecule has 1 saturated heterocycles. The minimum absolute atomic E-state index is 0.0810. The molecule has 2 aliphatic heterocycles. The van der Waals surface area contributed by atoms with E-state index in [1.54, 1.807) is 0 Å². The number of fused-ring (bicyclic) bond motifs is 1. The van der Waals surface area contributed by atoms with Gasteiger partial charge in [0.1, 0.15) is 5.70 Å². The van der Waals surface area contributed by atoms with Crippen molar-refractivity contribution in [2.75, 3.05) is 27.4 Å². The van der Waals surface area contributed by atoms with Gasteiger partial charge in [-0.05, 0) is 5.57 Å². The summed E-state index contributed by atoms with van der Waals surface area (Å²) in [6.45, 7) is 0.197. The number of nitrogens with zero attached hydrogens (tertiary/aromatic N) is 1. The largest absolute Gasteiger partial charge is 0.464 e. The quantitative estimate of drug-likeness (QED) is 0.813. The van der Waals surface area contributed by atoms with Gasteiger partial charge >= 0.3 is 11.9 Å². The molecule has 1 aromatic carbocycles. The molecule has 132 valence electrons. The standard InChI is InChI=1S/C17H18N2O6/c1-22-15(20)13-11-8-24-17(10-6-4-3-5-7-10)25-9-12(11)14(19-18-13)16(21)23-2/h3-7,11,17,19H,8-9H2,1-2H3/t11-,17+/m0/s1. The van der Waals surface area contributed by atoms with Crippen LogP contribution in [-0.2, 0) is 28.5 Å².